The molecule has 0 radical (unpaired) electrons. The van der Waals surface area contributed by atoms with Gasteiger partial charge >= 0.3 is 5.76 Å². The summed E-state index contributed by atoms with van der Waals surface area (Å²) < 4.78 is 32.4. The molecule has 8 heteroatoms. The zero-order valence-corrected chi connectivity index (χ0v) is 15.0. The van der Waals surface area contributed by atoms with E-state index in [1.165, 1.54) is 44.2 Å². The Balaban J connectivity index is 1.49. The largest absolute Gasteiger partial charge is 0.417 e. The molecule has 1 aromatic heterocycles. The second kappa shape index (κ2) is 6.59. The molecule has 136 valence electrons. The third-order valence-corrected chi connectivity index (χ3v) is 7.47. The van der Waals surface area contributed by atoms with E-state index >= 15 is 0 Å². The molecule has 1 saturated carbocycles. The fourth-order valence-corrected chi connectivity index (χ4v) is 5.63. The second-order valence-electron chi connectivity index (χ2n) is 7.07. The van der Waals surface area contributed by atoms with Gasteiger partial charge < -0.3 is 9.32 Å². The fourth-order valence-electron chi connectivity index (χ4n) is 4.17. The Labute approximate surface area is 146 Å². The van der Waals surface area contributed by atoms with Crippen LogP contribution < -0.4 is 10.7 Å². The van der Waals surface area contributed by atoms with Gasteiger partial charge in [-0.3, -0.25) is 4.98 Å². The van der Waals surface area contributed by atoms with E-state index in [9.17, 15) is 13.2 Å². The highest BCUT2D eigenvalue weighted by molar-refractivity contribution is 7.89. The average molecular weight is 366 g/mol. The molecule has 0 atom stereocenters. The summed E-state index contributed by atoms with van der Waals surface area (Å²) in [5.41, 5.74) is 0.785. The summed E-state index contributed by atoms with van der Waals surface area (Å²) in [6.07, 6.45) is 6.48. The molecular weight excluding hydrogens is 342 g/mol. The summed E-state index contributed by atoms with van der Waals surface area (Å²) in [5, 5.41) is 0. The van der Waals surface area contributed by atoms with Crippen molar-refractivity contribution in [1.82, 2.24) is 9.29 Å². The van der Waals surface area contributed by atoms with Crippen LogP contribution in [0.4, 0.5) is 0 Å². The predicted octanol–water partition coefficient (Wildman–Crippen LogP) is 0.343. The second-order valence-corrected chi connectivity index (χ2v) is 9.01. The number of benzene rings is 1. The van der Waals surface area contributed by atoms with Crippen LogP contribution in [0.15, 0.2) is 32.3 Å². The van der Waals surface area contributed by atoms with Crippen molar-refractivity contribution in [3.63, 3.8) is 0 Å². The van der Waals surface area contributed by atoms with Crippen molar-refractivity contribution >= 4 is 21.1 Å². The Morgan fingerprint density at radius 3 is 2.56 bits per heavy atom. The molecule has 0 bridgehead atoms. The summed E-state index contributed by atoms with van der Waals surface area (Å²) in [6.45, 7) is 2.82. The Morgan fingerprint density at radius 1 is 1.12 bits per heavy atom. The van der Waals surface area contributed by atoms with Gasteiger partial charge in [0.25, 0.3) is 0 Å². The van der Waals surface area contributed by atoms with Gasteiger partial charge in [0.05, 0.1) is 42.6 Å². The summed E-state index contributed by atoms with van der Waals surface area (Å²) in [5.74, 6) is -0.575. The van der Waals surface area contributed by atoms with Crippen molar-refractivity contribution < 1.29 is 17.7 Å². The summed E-state index contributed by atoms with van der Waals surface area (Å²) in [6, 6.07) is 5.24. The highest BCUT2D eigenvalue weighted by Crippen LogP contribution is 2.21. The highest BCUT2D eigenvalue weighted by atomic mass is 32.2. The molecule has 0 amide bonds. The van der Waals surface area contributed by atoms with Crippen LogP contribution in [-0.4, -0.2) is 49.9 Å². The Hall–Kier alpha value is -1.64. The summed E-state index contributed by atoms with van der Waals surface area (Å²) in [7, 11) is -3.55. The zero-order valence-electron chi connectivity index (χ0n) is 14.2. The number of quaternary nitrogens is 1. The van der Waals surface area contributed by atoms with Gasteiger partial charge in [-0.1, -0.05) is 6.42 Å². The molecule has 1 aromatic carbocycles. The molecule has 2 aliphatic rings. The summed E-state index contributed by atoms with van der Waals surface area (Å²) >= 11 is 0. The third-order valence-electron chi connectivity index (χ3n) is 5.58. The predicted molar refractivity (Wildman–Crippen MR) is 93.2 cm³/mol. The molecule has 1 aliphatic heterocycles. The number of H-pyrrole nitrogens is 1. The molecule has 0 spiro atoms. The van der Waals surface area contributed by atoms with Crippen molar-refractivity contribution in [2.24, 2.45) is 0 Å². The van der Waals surface area contributed by atoms with Crippen molar-refractivity contribution in [1.29, 1.82) is 0 Å². The first-order valence-electron chi connectivity index (χ1n) is 9.02. The molecule has 2 aromatic rings. The van der Waals surface area contributed by atoms with Crippen LogP contribution in [0.1, 0.15) is 32.1 Å². The van der Waals surface area contributed by atoms with Crippen LogP contribution >= 0.6 is 0 Å². The first kappa shape index (κ1) is 16.8. The number of nitrogens with one attached hydrogen (secondary N) is 2. The molecular formula is C17H24N3O4S+. The lowest BCUT2D eigenvalue weighted by Crippen LogP contribution is -3.18. The lowest BCUT2D eigenvalue weighted by atomic mass is 9.94. The molecule has 25 heavy (non-hydrogen) atoms. The maximum absolute atomic E-state index is 12.9. The lowest BCUT2D eigenvalue weighted by molar-refractivity contribution is -0.930. The van der Waals surface area contributed by atoms with E-state index in [1.54, 1.807) is 15.3 Å². The average Bonchev–Trinajstić information content (AvgIpc) is 3.02. The number of aromatic nitrogens is 1. The number of oxazole rings is 1. The van der Waals surface area contributed by atoms with Crippen molar-refractivity contribution in [2.75, 3.05) is 26.2 Å². The number of rotatable bonds is 3. The van der Waals surface area contributed by atoms with Crippen molar-refractivity contribution in [3.05, 3.63) is 28.7 Å². The maximum atomic E-state index is 12.9. The van der Waals surface area contributed by atoms with Crippen LogP contribution in [0, 0.1) is 0 Å². The normalized spacial score (nSPS) is 21.8. The highest BCUT2D eigenvalue weighted by Gasteiger charge is 2.34. The van der Waals surface area contributed by atoms with E-state index in [0.29, 0.717) is 24.6 Å². The molecule has 4 rings (SSSR count). The van der Waals surface area contributed by atoms with Gasteiger partial charge in [-0.2, -0.15) is 4.31 Å². The molecule has 2 heterocycles. The maximum Gasteiger partial charge on any atom is 0.417 e. The molecule has 1 aliphatic carbocycles. The minimum atomic E-state index is -3.55. The number of piperazine rings is 1. The van der Waals surface area contributed by atoms with E-state index in [4.69, 9.17) is 4.42 Å². The van der Waals surface area contributed by atoms with Crippen LogP contribution in [0.5, 0.6) is 0 Å². The zero-order chi connectivity index (χ0) is 17.4. The van der Waals surface area contributed by atoms with Gasteiger partial charge in [-0.05, 0) is 37.8 Å². The van der Waals surface area contributed by atoms with Gasteiger partial charge in [0, 0.05) is 6.07 Å². The number of sulfonamides is 1. The quantitative estimate of drug-likeness (QED) is 0.820. The van der Waals surface area contributed by atoms with E-state index < -0.39 is 15.8 Å². The minimum absolute atomic E-state index is 0.184. The molecule has 2 fully saturated rings. The van der Waals surface area contributed by atoms with Crippen LogP contribution in [0.25, 0.3) is 11.1 Å². The van der Waals surface area contributed by atoms with Gasteiger partial charge in [0.2, 0.25) is 10.0 Å². The van der Waals surface area contributed by atoms with Gasteiger partial charge in [-0.15, -0.1) is 0 Å². The van der Waals surface area contributed by atoms with E-state index in [1.807, 2.05) is 0 Å². The number of fused-ring (bicyclic) bond motifs is 1. The first-order chi connectivity index (χ1) is 12.0. The molecule has 2 N–H and O–H groups in total. The monoisotopic (exact) mass is 366 g/mol. The molecule has 7 nitrogen and oxygen atoms in total. The number of nitrogens with zero attached hydrogens (tertiary/aromatic N) is 1. The Bertz CT molecular complexity index is 903. The first-order valence-corrected chi connectivity index (χ1v) is 10.5. The van der Waals surface area contributed by atoms with Gasteiger partial charge in [-0.25, -0.2) is 13.2 Å². The third kappa shape index (κ3) is 3.26. The molecule has 1 saturated heterocycles. The lowest BCUT2D eigenvalue weighted by Gasteiger charge is -2.37. The number of aromatic amines is 1. The summed E-state index contributed by atoms with van der Waals surface area (Å²) in [4.78, 5) is 15.5. The van der Waals surface area contributed by atoms with E-state index in [-0.39, 0.29) is 10.5 Å². The smallest absolute Gasteiger partial charge is 0.408 e. The van der Waals surface area contributed by atoms with E-state index in [0.717, 1.165) is 13.1 Å². The van der Waals surface area contributed by atoms with Gasteiger partial charge in [0.1, 0.15) is 0 Å². The number of hydrogen-bond donors (Lipinski definition) is 2. The Morgan fingerprint density at radius 2 is 1.84 bits per heavy atom. The molecule has 0 unspecified atom stereocenters. The van der Waals surface area contributed by atoms with Crippen LogP contribution in [-0.2, 0) is 10.0 Å². The minimum Gasteiger partial charge on any atom is -0.408 e. The topological polar surface area (TPSA) is 87.8 Å². The van der Waals surface area contributed by atoms with Crippen LogP contribution in [0.3, 0.4) is 0 Å². The van der Waals surface area contributed by atoms with E-state index in [2.05, 4.69) is 4.98 Å². The standard InChI is InChI=1S/C17H23N3O4S/c21-17-18-15-7-6-14(12-16(15)24-17)25(22,23)20-10-8-19(9-11-20)13-4-2-1-3-5-13/h6-7,12-13H,1-5,8-11H2,(H,18,21)/p+1. The SMILES string of the molecule is O=c1[nH]c2ccc(S(=O)(=O)N3CC[NH+](C4CCCCC4)CC3)cc2o1. The van der Waals surface area contributed by atoms with Crippen molar-refractivity contribution in [3.8, 4) is 0 Å². The Kier molecular flexibility index (Phi) is 4.43. The van der Waals surface area contributed by atoms with Gasteiger partial charge in [0.15, 0.2) is 5.58 Å². The van der Waals surface area contributed by atoms with Crippen molar-refractivity contribution in [2.45, 2.75) is 43.0 Å². The number of hydrogen-bond acceptors (Lipinski definition) is 4. The fraction of sp³-hybridized carbons (Fsp3) is 0.588. The van der Waals surface area contributed by atoms with Crippen LogP contribution in [0.2, 0.25) is 0 Å².